The summed E-state index contributed by atoms with van der Waals surface area (Å²) in [6.45, 7) is 5.42. The van der Waals surface area contributed by atoms with Gasteiger partial charge >= 0.3 is 6.09 Å². The zero-order chi connectivity index (χ0) is 12.5. The molecule has 0 aliphatic heterocycles. The molecule has 0 unspecified atom stereocenters. The van der Waals surface area contributed by atoms with Gasteiger partial charge in [-0.3, -0.25) is 5.32 Å². The van der Waals surface area contributed by atoms with E-state index in [2.05, 4.69) is 21.4 Å². The van der Waals surface area contributed by atoms with Crippen LogP contribution >= 0.6 is 0 Å². The van der Waals surface area contributed by atoms with E-state index in [1.165, 1.54) is 0 Å². The van der Waals surface area contributed by atoms with Crippen LogP contribution in [0, 0.1) is 6.07 Å². The van der Waals surface area contributed by atoms with E-state index in [1.807, 2.05) is 6.07 Å². The van der Waals surface area contributed by atoms with Gasteiger partial charge in [0.15, 0.2) is 0 Å². The summed E-state index contributed by atoms with van der Waals surface area (Å²) in [5.41, 5.74) is 1.07. The first-order chi connectivity index (χ1) is 7.94. The summed E-state index contributed by atoms with van der Waals surface area (Å²) in [5, 5.41) is 2.55. The van der Waals surface area contributed by atoms with Crippen LogP contribution in [0.25, 0.3) is 11.0 Å². The molecule has 0 spiro atoms. The molecule has 17 heavy (non-hydrogen) atoms. The molecule has 0 atom stereocenters. The van der Waals surface area contributed by atoms with Crippen molar-refractivity contribution in [1.29, 1.82) is 0 Å². The van der Waals surface area contributed by atoms with Gasteiger partial charge in [-0.2, -0.15) is 0 Å². The average Bonchev–Trinajstić information content (AvgIpc) is 2.55. The van der Waals surface area contributed by atoms with Crippen molar-refractivity contribution in [3.05, 3.63) is 24.3 Å². The molecule has 1 amide bonds. The zero-order valence-electron chi connectivity index (χ0n) is 10.00. The molecule has 5 heteroatoms. The smallest absolute Gasteiger partial charge is 0.414 e. The van der Waals surface area contributed by atoms with Gasteiger partial charge in [-0.25, -0.2) is 9.78 Å². The third-order valence-corrected chi connectivity index (χ3v) is 1.95. The van der Waals surface area contributed by atoms with Crippen LogP contribution in [-0.2, 0) is 4.74 Å². The minimum atomic E-state index is -0.527. The van der Waals surface area contributed by atoms with Crippen LogP contribution in [0.5, 0.6) is 0 Å². The van der Waals surface area contributed by atoms with Gasteiger partial charge in [-0.15, -0.1) is 0 Å². The van der Waals surface area contributed by atoms with Crippen molar-refractivity contribution in [3.8, 4) is 0 Å². The van der Waals surface area contributed by atoms with Crippen molar-refractivity contribution >= 4 is 23.1 Å². The Balaban J connectivity index is 2.11. The second-order valence-electron chi connectivity index (χ2n) is 4.66. The number of carbonyl (C=O) groups excluding carboxylic acids is 1. The lowest BCUT2D eigenvalue weighted by atomic mass is 10.2. The predicted octanol–water partition coefficient (Wildman–Crippen LogP) is 2.71. The summed E-state index contributed by atoms with van der Waals surface area (Å²) >= 11 is 0. The summed E-state index contributed by atoms with van der Waals surface area (Å²) in [6.07, 6.45) is -0.527. The van der Waals surface area contributed by atoms with E-state index in [0.717, 1.165) is 11.0 Å². The SMILES string of the molecule is CC(C)(C)OC(=O)Nc1nc2c[c]ccc2[nH]1. The third kappa shape index (κ3) is 2.96. The molecule has 1 aromatic heterocycles. The fourth-order valence-electron chi connectivity index (χ4n) is 1.36. The molecule has 2 N–H and O–H groups in total. The Bertz CT molecular complexity index is 507. The van der Waals surface area contributed by atoms with Crippen molar-refractivity contribution in [2.24, 2.45) is 0 Å². The van der Waals surface area contributed by atoms with Gasteiger partial charge in [0.2, 0.25) is 5.95 Å². The number of nitrogens with one attached hydrogen (secondary N) is 2. The number of carbonyl (C=O) groups is 1. The Morgan fingerprint density at radius 2 is 2.29 bits per heavy atom. The van der Waals surface area contributed by atoms with Gasteiger partial charge in [-0.05, 0) is 39.0 Å². The monoisotopic (exact) mass is 232 g/mol. The minimum Gasteiger partial charge on any atom is -0.444 e. The van der Waals surface area contributed by atoms with Crippen molar-refractivity contribution in [2.45, 2.75) is 26.4 Å². The third-order valence-electron chi connectivity index (χ3n) is 1.95. The Labute approximate surface area is 99.2 Å². The summed E-state index contributed by atoms with van der Waals surface area (Å²) in [5.74, 6) is 0.369. The van der Waals surface area contributed by atoms with E-state index in [4.69, 9.17) is 4.74 Å². The molecule has 2 rings (SSSR count). The molecule has 1 heterocycles. The van der Waals surface area contributed by atoms with Crippen LogP contribution in [0.4, 0.5) is 10.7 Å². The quantitative estimate of drug-likeness (QED) is 0.794. The summed E-state index contributed by atoms with van der Waals surface area (Å²) in [7, 11) is 0. The van der Waals surface area contributed by atoms with Crippen molar-refractivity contribution in [2.75, 3.05) is 5.32 Å². The second-order valence-corrected chi connectivity index (χ2v) is 4.66. The molecule has 0 aliphatic rings. The van der Waals surface area contributed by atoms with Crippen LogP contribution < -0.4 is 5.32 Å². The highest BCUT2D eigenvalue weighted by Gasteiger charge is 2.17. The Hall–Kier alpha value is -2.04. The lowest BCUT2D eigenvalue weighted by Crippen LogP contribution is -2.27. The van der Waals surface area contributed by atoms with Gasteiger partial charge < -0.3 is 9.72 Å². The molecular formula is C12H14N3O2. The molecule has 1 aromatic carbocycles. The highest BCUT2D eigenvalue weighted by Crippen LogP contribution is 2.14. The lowest BCUT2D eigenvalue weighted by Gasteiger charge is -2.18. The van der Waals surface area contributed by atoms with Crippen LogP contribution in [-0.4, -0.2) is 21.7 Å². The number of fused-ring (bicyclic) bond motifs is 1. The summed E-state index contributed by atoms with van der Waals surface area (Å²) < 4.78 is 5.12. The highest BCUT2D eigenvalue weighted by molar-refractivity contribution is 5.86. The zero-order valence-corrected chi connectivity index (χ0v) is 10.00. The van der Waals surface area contributed by atoms with Crippen LogP contribution in [0.15, 0.2) is 18.2 Å². The van der Waals surface area contributed by atoms with Crippen molar-refractivity contribution < 1.29 is 9.53 Å². The molecular weight excluding hydrogens is 218 g/mol. The molecule has 5 nitrogen and oxygen atoms in total. The van der Waals surface area contributed by atoms with E-state index in [-0.39, 0.29) is 0 Å². The normalized spacial score (nSPS) is 11.5. The maximum Gasteiger partial charge on any atom is 0.414 e. The number of hydrogen-bond donors (Lipinski definition) is 2. The van der Waals surface area contributed by atoms with Crippen molar-refractivity contribution in [1.82, 2.24) is 9.97 Å². The molecule has 0 aliphatic carbocycles. The largest absolute Gasteiger partial charge is 0.444 e. The number of H-pyrrole nitrogens is 1. The van der Waals surface area contributed by atoms with E-state index < -0.39 is 11.7 Å². The Morgan fingerprint density at radius 1 is 1.53 bits per heavy atom. The molecule has 0 saturated heterocycles. The van der Waals surface area contributed by atoms with Crippen LogP contribution in [0.2, 0.25) is 0 Å². The number of hydrogen-bond acceptors (Lipinski definition) is 3. The Kier molecular flexibility index (Phi) is 2.75. The average molecular weight is 232 g/mol. The molecule has 0 saturated carbocycles. The molecule has 2 aromatic rings. The summed E-state index contributed by atoms with van der Waals surface area (Å²) in [4.78, 5) is 18.7. The minimum absolute atomic E-state index is 0.369. The number of amides is 1. The molecule has 89 valence electrons. The lowest BCUT2D eigenvalue weighted by molar-refractivity contribution is 0.0635. The number of aromatic nitrogens is 2. The number of rotatable bonds is 1. The van der Waals surface area contributed by atoms with Gasteiger partial charge in [0.1, 0.15) is 5.60 Å². The van der Waals surface area contributed by atoms with E-state index in [0.29, 0.717) is 5.95 Å². The second kappa shape index (κ2) is 4.08. The predicted molar refractivity (Wildman–Crippen MR) is 64.8 cm³/mol. The fourth-order valence-corrected chi connectivity index (χ4v) is 1.36. The number of ether oxygens (including phenoxy) is 1. The molecule has 1 radical (unpaired) electrons. The maximum atomic E-state index is 11.5. The number of imidazole rings is 1. The first-order valence-corrected chi connectivity index (χ1v) is 5.30. The van der Waals surface area contributed by atoms with Gasteiger partial charge in [0.25, 0.3) is 0 Å². The first-order valence-electron chi connectivity index (χ1n) is 5.30. The van der Waals surface area contributed by atoms with Crippen LogP contribution in [0.3, 0.4) is 0 Å². The van der Waals surface area contributed by atoms with Gasteiger partial charge in [0.05, 0.1) is 11.0 Å². The van der Waals surface area contributed by atoms with Crippen LogP contribution in [0.1, 0.15) is 20.8 Å². The number of aromatic amines is 1. The van der Waals surface area contributed by atoms with Gasteiger partial charge in [-0.1, -0.05) is 6.07 Å². The van der Waals surface area contributed by atoms with E-state index >= 15 is 0 Å². The number of anilines is 1. The highest BCUT2D eigenvalue weighted by atomic mass is 16.6. The van der Waals surface area contributed by atoms with Gasteiger partial charge in [0, 0.05) is 0 Å². The first kappa shape index (κ1) is 11.4. The summed E-state index contributed by atoms with van der Waals surface area (Å²) in [6, 6.07) is 8.27. The molecule has 0 fully saturated rings. The molecule has 0 bridgehead atoms. The number of nitrogens with zero attached hydrogens (tertiary/aromatic N) is 1. The van der Waals surface area contributed by atoms with Crippen molar-refractivity contribution in [3.63, 3.8) is 0 Å². The Morgan fingerprint density at radius 3 is 2.94 bits per heavy atom. The topological polar surface area (TPSA) is 67.0 Å². The van der Waals surface area contributed by atoms with E-state index in [9.17, 15) is 4.79 Å². The number of benzene rings is 1. The standard InChI is InChI=1S/C12H14N3O2/c1-12(2,3)17-11(16)15-10-13-8-6-4-5-7-9(8)14-10/h4,6-7H,1-3H3,(H2,13,14,15,16). The van der Waals surface area contributed by atoms with E-state index in [1.54, 1.807) is 32.9 Å². The fraction of sp³-hybridized carbons (Fsp3) is 0.333. The maximum absolute atomic E-state index is 11.5.